The highest BCUT2D eigenvalue weighted by atomic mass is 16.2. The molecule has 1 aromatic rings. The Hall–Kier alpha value is -1.84. The fraction of sp³-hybridized carbons (Fsp3) is 0.529. The van der Waals surface area contributed by atoms with Crippen LogP contribution < -0.4 is 5.32 Å². The van der Waals surface area contributed by atoms with Crippen molar-refractivity contribution in [2.45, 2.75) is 38.1 Å². The summed E-state index contributed by atoms with van der Waals surface area (Å²) < 4.78 is 0. The Morgan fingerprint density at radius 1 is 1.10 bits per heavy atom. The highest BCUT2D eigenvalue weighted by molar-refractivity contribution is 5.90. The maximum Gasteiger partial charge on any atom is 0.247 e. The predicted octanol–water partition coefficient (Wildman–Crippen LogP) is 2.27. The predicted molar refractivity (Wildman–Crippen MR) is 80.5 cm³/mol. The topological polar surface area (TPSA) is 49.4 Å². The number of carbonyl (C=O) groups excluding carboxylic acids is 2. The van der Waals surface area contributed by atoms with E-state index in [1.165, 1.54) is 6.42 Å². The van der Waals surface area contributed by atoms with Crippen molar-refractivity contribution < 1.29 is 9.59 Å². The van der Waals surface area contributed by atoms with Crippen LogP contribution in [0.1, 0.15) is 43.7 Å². The van der Waals surface area contributed by atoms with Crippen molar-refractivity contribution in [3.05, 3.63) is 35.9 Å². The largest absolute Gasteiger partial charge is 0.352 e. The Bertz CT molecular complexity index is 509. The minimum Gasteiger partial charge on any atom is -0.352 e. The number of amides is 2. The van der Waals surface area contributed by atoms with E-state index >= 15 is 0 Å². The molecular weight excluding hydrogens is 264 g/mol. The molecule has 1 aliphatic carbocycles. The van der Waals surface area contributed by atoms with Gasteiger partial charge in [-0.05, 0) is 18.4 Å². The molecule has 1 unspecified atom stereocenters. The highest BCUT2D eigenvalue weighted by Gasteiger charge is 2.37. The molecule has 4 nitrogen and oxygen atoms in total. The Morgan fingerprint density at radius 3 is 2.52 bits per heavy atom. The van der Waals surface area contributed by atoms with E-state index in [4.69, 9.17) is 0 Å². The van der Waals surface area contributed by atoms with Gasteiger partial charge in [-0.3, -0.25) is 9.59 Å². The second kappa shape index (κ2) is 6.29. The third-order valence-corrected chi connectivity index (χ3v) is 4.56. The van der Waals surface area contributed by atoms with Crippen molar-refractivity contribution >= 4 is 11.8 Å². The number of hydrogen-bond donors (Lipinski definition) is 1. The maximum absolute atomic E-state index is 12.8. The normalized spacial score (nSPS) is 23.7. The molecule has 1 aromatic carbocycles. The van der Waals surface area contributed by atoms with E-state index in [2.05, 4.69) is 5.32 Å². The molecule has 0 radical (unpaired) electrons. The molecule has 112 valence electrons. The first-order chi connectivity index (χ1) is 10.3. The smallest absolute Gasteiger partial charge is 0.247 e. The van der Waals surface area contributed by atoms with Crippen LogP contribution in [0.2, 0.25) is 0 Å². The van der Waals surface area contributed by atoms with Gasteiger partial charge in [-0.15, -0.1) is 0 Å². The van der Waals surface area contributed by atoms with E-state index in [1.54, 1.807) is 4.90 Å². The molecule has 21 heavy (non-hydrogen) atoms. The number of benzene rings is 1. The average Bonchev–Trinajstić information content (AvgIpc) is 2.55. The van der Waals surface area contributed by atoms with Crippen LogP contribution in [0, 0.1) is 5.92 Å². The maximum atomic E-state index is 12.8. The summed E-state index contributed by atoms with van der Waals surface area (Å²) in [5, 5.41) is 2.89. The number of hydrogen-bond acceptors (Lipinski definition) is 2. The molecule has 1 N–H and O–H groups in total. The molecule has 1 atom stereocenters. The number of piperazine rings is 1. The molecular formula is C17H22N2O2. The summed E-state index contributed by atoms with van der Waals surface area (Å²) in [4.78, 5) is 26.9. The first-order valence-corrected chi connectivity index (χ1v) is 7.90. The summed E-state index contributed by atoms with van der Waals surface area (Å²) in [6.07, 6.45) is 5.43. The summed E-state index contributed by atoms with van der Waals surface area (Å²) in [7, 11) is 0. The first-order valence-electron chi connectivity index (χ1n) is 7.90. The second-order valence-electron chi connectivity index (χ2n) is 5.97. The van der Waals surface area contributed by atoms with Crippen molar-refractivity contribution in [2.24, 2.45) is 5.92 Å². The van der Waals surface area contributed by atoms with Crippen molar-refractivity contribution in [2.75, 3.05) is 13.1 Å². The van der Waals surface area contributed by atoms with Gasteiger partial charge in [0.25, 0.3) is 0 Å². The summed E-state index contributed by atoms with van der Waals surface area (Å²) in [5.41, 5.74) is 0.902. The van der Waals surface area contributed by atoms with Crippen LogP contribution in [0.25, 0.3) is 0 Å². The van der Waals surface area contributed by atoms with Gasteiger partial charge in [-0.25, -0.2) is 0 Å². The van der Waals surface area contributed by atoms with Crippen molar-refractivity contribution in [3.63, 3.8) is 0 Å². The van der Waals surface area contributed by atoms with Crippen molar-refractivity contribution in [1.82, 2.24) is 10.2 Å². The summed E-state index contributed by atoms with van der Waals surface area (Å²) in [5.74, 6) is 0.214. The lowest BCUT2D eigenvalue weighted by Crippen LogP contribution is -2.53. The number of rotatable bonds is 2. The van der Waals surface area contributed by atoms with Gasteiger partial charge in [0, 0.05) is 19.0 Å². The Morgan fingerprint density at radius 2 is 1.81 bits per heavy atom. The Kier molecular flexibility index (Phi) is 4.23. The van der Waals surface area contributed by atoms with Crippen LogP contribution in [0.5, 0.6) is 0 Å². The zero-order valence-electron chi connectivity index (χ0n) is 12.3. The molecule has 1 saturated carbocycles. The van der Waals surface area contributed by atoms with Gasteiger partial charge in [0.1, 0.15) is 6.04 Å². The third kappa shape index (κ3) is 2.94. The summed E-state index contributed by atoms with van der Waals surface area (Å²) in [6.45, 7) is 1.17. The lowest BCUT2D eigenvalue weighted by molar-refractivity contribution is -0.147. The lowest BCUT2D eigenvalue weighted by atomic mass is 9.87. The Labute approximate surface area is 125 Å². The summed E-state index contributed by atoms with van der Waals surface area (Å²) in [6, 6.07) is 9.15. The fourth-order valence-corrected chi connectivity index (χ4v) is 3.45. The van der Waals surface area contributed by atoms with Gasteiger partial charge in [-0.1, -0.05) is 49.6 Å². The molecule has 2 amide bonds. The van der Waals surface area contributed by atoms with Crippen LogP contribution in [0.15, 0.2) is 30.3 Å². The molecule has 2 fully saturated rings. The lowest BCUT2D eigenvalue weighted by Gasteiger charge is -2.38. The van der Waals surface area contributed by atoms with E-state index in [1.807, 2.05) is 30.3 Å². The molecule has 2 aliphatic rings. The van der Waals surface area contributed by atoms with Gasteiger partial charge in [0.05, 0.1) is 0 Å². The van der Waals surface area contributed by atoms with Crippen LogP contribution in [-0.2, 0) is 9.59 Å². The van der Waals surface area contributed by atoms with E-state index in [-0.39, 0.29) is 17.7 Å². The van der Waals surface area contributed by atoms with Crippen LogP contribution in [-0.4, -0.2) is 29.8 Å². The monoisotopic (exact) mass is 286 g/mol. The Balaban J connectivity index is 1.83. The van der Waals surface area contributed by atoms with Crippen LogP contribution in [0.3, 0.4) is 0 Å². The van der Waals surface area contributed by atoms with E-state index in [0.29, 0.717) is 13.1 Å². The van der Waals surface area contributed by atoms with Crippen LogP contribution >= 0.6 is 0 Å². The van der Waals surface area contributed by atoms with Crippen molar-refractivity contribution in [3.8, 4) is 0 Å². The van der Waals surface area contributed by atoms with E-state index in [9.17, 15) is 9.59 Å². The molecule has 1 heterocycles. The molecule has 0 spiro atoms. The van der Waals surface area contributed by atoms with Gasteiger partial charge in [-0.2, -0.15) is 0 Å². The fourth-order valence-electron chi connectivity index (χ4n) is 3.45. The van der Waals surface area contributed by atoms with Gasteiger partial charge in [0.15, 0.2) is 0 Å². The third-order valence-electron chi connectivity index (χ3n) is 4.56. The van der Waals surface area contributed by atoms with Gasteiger partial charge >= 0.3 is 0 Å². The van der Waals surface area contributed by atoms with E-state index in [0.717, 1.165) is 31.2 Å². The summed E-state index contributed by atoms with van der Waals surface area (Å²) >= 11 is 0. The molecule has 1 aliphatic heterocycles. The minimum atomic E-state index is -0.464. The van der Waals surface area contributed by atoms with Gasteiger partial charge < -0.3 is 10.2 Å². The van der Waals surface area contributed by atoms with Crippen molar-refractivity contribution in [1.29, 1.82) is 0 Å². The highest BCUT2D eigenvalue weighted by Crippen LogP contribution is 2.30. The minimum absolute atomic E-state index is 0.0587. The van der Waals surface area contributed by atoms with Crippen LogP contribution in [0.4, 0.5) is 0 Å². The molecule has 0 bridgehead atoms. The van der Waals surface area contributed by atoms with E-state index < -0.39 is 6.04 Å². The quantitative estimate of drug-likeness (QED) is 0.906. The standard InChI is InChI=1S/C17H22N2O2/c20-16-15(13-7-3-1-4-8-13)19(12-11-18-16)17(21)14-9-5-2-6-10-14/h1,3-4,7-8,14-15H,2,5-6,9-12H2,(H,18,20). The number of nitrogens with zero attached hydrogens (tertiary/aromatic N) is 1. The zero-order chi connectivity index (χ0) is 14.7. The first kappa shape index (κ1) is 14.1. The van der Waals surface area contributed by atoms with Gasteiger partial charge in [0.2, 0.25) is 11.8 Å². The number of nitrogens with one attached hydrogen (secondary N) is 1. The molecule has 3 rings (SSSR count). The molecule has 0 aromatic heterocycles. The average molecular weight is 286 g/mol. The SMILES string of the molecule is O=C1NCCN(C(=O)C2CCCCC2)C1c1ccccc1. The zero-order valence-corrected chi connectivity index (χ0v) is 12.3. The molecule has 1 saturated heterocycles. The number of carbonyl (C=O) groups is 2. The molecule has 4 heteroatoms. The second-order valence-corrected chi connectivity index (χ2v) is 5.97.